The van der Waals surface area contributed by atoms with Gasteiger partial charge in [-0.15, -0.1) is 12.4 Å². The normalized spacial score (nSPS) is 30.4. The molecule has 86 valence electrons. The molecule has 0 aromatic carbocycles. The first-order valence-electron chi connectivity index (χ1n) is 4.91. The standard InChI is InChI=1S/C9H14N2O3.ClH/c12-8-3-6(9(13)14)5-11(8)7-1-2-10-4-7;/h6-7,10H,1-5H2,(H,13,14);1H. The van der Waals surface area contributed by atoms with Crippen LogP contribution in [0.1, 0.15) is 12.8 Å². The third-order valence-electron chi connectivity index (χ3n) is 2.98. The quantitative estimate of drug-likeness (QED) is 0.689. The van der Waals surface area contributed by atoms with Crippen molar-refractivity contribution in [3.05, 3.63) is 0 Å². The lowest BCUT2D eigenvalue weighted by atomic mass is 10.1. The van der Waals surface area contributed by atoms with Crippen LogP contribution in [0.3, 0.4) is 0 Å². The Hall–Kier alpha value is -0.810. The second kappa shape index (κ2) is 4.81. The lowest BCUT2D eigenvalue weighted by Gasteiger charge is -2.22. The molecule has 2 unspecified atom stereocenters. The fraction of sp³-hybridized carbons (Fsp3) is 0.778. The molecule has 0 aromatic rings. The number of rotatable bonds is 2. The SMILES string of the molecule is Cl.O=C(O)C1CC(=O)N(C2CCNC2)C1. The maximum Gasteiger partial charge on any atom is 0.308 e. The first-order chi connectivity index (χ1) is 6.68. The minimum absolute atomic E-state index is 0. The molecule has 0 aromatic heterocycles. The molecule has 0 bridgehead atoms. The molecule has 2 rings (SSSR count). The van der Waals surface area contributed by atoms with Gasteiger partial charge >= 0.3 is 5.97 Å². The molecule has 5 nitrogen and oxygen atoms in total. The Labute approximate surface area is 94.2 Å². The van der Waals surface area contributed by atoms with Gasteiger partial charge in [0.25, 0.3) is 0 Å². The Morgan fingerprint density at radius 3 is 2.73 bits per heavy atom. The van der Waals surface area contributed by atoms with Crippen molar-refractivity contribution < 1.29 is 14.7 Å². The number of nitrogens with one attached hydrogen (secondary N) is 1. The van der Waals surface area contributed by atoms with Gasteiger partial charge in [0.05, 0.1) is 5.92 Å². The molecule has 2 N–H and O–H groups in total. The summed E-state index contributed by atoms with van der Waals surface area (Å²) in [7, 11) is 0. The van der Waals surface area contributed by atoms with Crippen LogP contribution in [0, 0.1) is 5.92 Å². The van der Waals surface area contributed by atoms with Gasteiger partial charge in [0, 0.05) is 25.6 Å². The van der Waals surface area contributed by atoms with E-state index in [-0.39, 0.29) is 30.8 Å². The maximum atomic E-state index is 11.5. The minimum Gasteiger partial charge on any atom is -0.481 e. The highest BCUT2D eigenvalue weighted by atomic mass is 35.5. The zero-order chi connectivity index (χ0) is 10.1. The predicted octanol–water partition coefficient (Wildman–Crippen LogP) is -0.297. The predicted molar refractivity (Wildman–Crippen MR) is 56.0 cm³/mol. The van der Waals surface area contributed by atoms with E-state index in [9.17, 15) is 9.59 Å². The number of nitrogens with zero attached hydrogens (tertiary/aromatic N) is 1. The van der Waals surface area contributed by atoms with Crippen LogP contribution in [0.25, 0.3) is 0 Å². The number of aliphatic carboxylic acids is 1. The summed E-state index contributed by atoms with van der Waals surface area (Å²) in [5, 5.41) is 12.0. The summed E-state index contributed by atoms with van der Waals surface area (Å²) in [6, 6.07) is 0.215. The summed E-state index contributed by atoms with van der Waals surface area (Å²) < 4.78 is 0. The van der Waals surface area contributed by atoms with Gasteiger partial charge in [0.15, 0.2) is 0 Å². The molecule has 2 aliphatic rings. The zero-order valence-corrected chi connectivity index (χ0v) is 9.13. The first-order valence-corrected chi connectivity index (χ1v) is 4.91. The second-order valence-electron chi connectivity index (χ2n) is 3.93. The van der Waals surface area contributed by atoms with Crippen LogP contribution in [0.5, 0.6) is 0 Å². The van der Waals surface area contributed by atoms with Crippen LogP contribution in [0.2, 0.25) is 0 Å². The molecule has 2 heterocycles. The van der Waals surface area contributed by atoms with Crippen LogP contribution >= 0.6 is 12.4 Å². The van der Waals surface area contributed by atoms with Gasteiger partial charge in [-0.05, 0) is 13.0 Å². The van der Waals surface area contributed by atoms with Crippen molar-refractivity contribution in [1.82, 2.24) is 10.2 Å². The monoisotopic (exact) mass is 234 g/mol. The number of carbonyl (C=O) groups excluding carboxylic acids is 1. The fourth-order valence-corrected chi connectivity index (χ4v) is 2.16. The number of amides is 1. The van der Waals surface area contributed by atoms with Crippen molar-refractivity contribution in [3.8, 4) is 0 Å². The summed E-state index contributed by atoms with van der Waals surface area (Å²) in [6.45, 7) is 2.12. The molecule has 0 saturated carbocycles. The summed E-state index contributed by atoms with van der Waals surface area (Å²) in [5.41, 5.74) is 0. The van der Waals surface area contributed by atoms with E-state index in [0.717, 1.165) is 19.5 Å². The van der Waals surface area contributed by atoms with E-state index in [2.05, 4.69) is 5.32 Å². The van der Waals surface area contributed by atoms with Crippen LogP contribution < -0.4 is 5.32 Å². The number of carbonyl (C=O) groups is 2. The number of halogens is 1. The van der Waals surface area contributed by atoms with Crippen LogP contribution in [0.4, 0.5) is 0 Å². The molecule has 2 fully saturated rings. The summed E-state index contributed by atoms with van der Waals surface area (Å²) in [5.74, 6) is -1.36. The molecule has 2 saturated heterocycles. The average Bonchev–Trinajstić information content (AvgIpc) is 2.71. The summed E-state index contributed by atoms with van der Waals surface area (Å²) in [6.07, 6.45) is 1.11. The zero-order valence-electron chi connectivity index (χ0n) is 8.31. The van der Waals surface area contributed by atoms with Crippen LogP contribution in [0.15, 0.2) is 0 Å². The summed E-state index contributed by atoms with van der Waals surface area (Å²) >= 11 is 0. The summed E-state index contributed by atoms with van der Waals surface area (Å²) in [4.78, 5) is 23.9. The second-order valence-corrected chi connectivity index (χ2v) is 3.93. The van der Waals surface area contributed by atoms with Crippen molar-refractivity contribution in [3.63, 3.8) is 0 Å². The van der Waals surface area contributed by atoms with Gasteiger partial charge in [0.1, 0.15) is 0 Å². The highest BCUT2D eigenvalue weighted by Gasteiger charge is 2.38. The largest absolute Gasteiger partial charge is 0.481 e. The number of likely N-dealkylation sites (tertiary alicyclic amines) is 1. The van der Waals surface area contributed by atoms with Gasteiger partial charge in [-0.2, -0.15) is 0 Å². The first kappa shape index (κ1) is 12.3. The third kappa shape index (κ3) is 2.41. The van der Waals surface area contributed by atoms with E-state index < -0.39 is 11.9 Å². The van der Waals surface area contributed by atoms with E-state index in [1.54, 1.807) is 4.90 Å². The maximum absolute atomic E-state index is 11.5. The molecule has 0 spiro atoms. The number of carboxylic acids is 1. The minimum atomic E-state index is -0.855. The number of hydrogen-bond acceptors (Lipinski definition) is 3. The van der Waals surface area contributed by atoms with Crippen LogP contribution in [-0.2, 0) is 9.59 Å². The van der Waals surface area contributed by atoms with Crippen molar-refractivity contribution in [2.45, 2.75) is 18.9 Å². The van der Waals surface area contributed by atoms with Gasteiger partial charge in [-0.3, -0.25) is 9.59 Å². The number of carboxylic acid groups (broad SMARTS) is 1. The van der Waals surface area contributed by atoms with Gasteiger partial charge in [-0.1, -0.05) is 0 Å². The van der Waals surface area contributed by atoms with E-state index >= 15 is 0 Å². The Kier molecular flexibility index (Phi) is 3.93. The topological polar surface area (TPSA) is 69.6 Å². The molecular weight excluding hydrogens is 220 g/mol. The Balaban J connectivity index is 0.00000112. The van der Waals surface area contributed by atoms with Crippen molar-refractivity contribution in [2.75, 3.05) is 19.6 Å². The molecule has 1 amide bonds. The van der Waals surface area contributed by atoms with Crippen molar-refractivity contribution in [2.24, 2.45) is 5.92 Å². The molecule has 15 heavy (non-hydrogen) atoms. The molecular formula is C9H15ClN2O3. The molecule has 0 radical (unpaired) electrons. The Morgan fingerprint density at radius 1 is 1.53 bits per heavy atom. The van der Waals surface area contributed by atoms with E-state index in [4.69, 9.17) is 5.11 Å². The van der Waals surface area contributed by atoms with E-state index in [0.29, 0.717) is 6.54 Å². The molecule has 0 aliphatic carbocycles. The lowest BCUT2D eigenvalue weighted by molar-refractivity contribution is -0.141. The van der Waals surface area contributed by atoms with Crippen molar-refractivity contribution >= 4 is 24.3 Å². The molecule has 2 aliphatic heterocycles. The van der Waals surface area contributed by atoms with E-state index in [1.807, 2.05) is 0 Å². The van der Waals surface area contributed by atoms with E-state index in [1.165, 1.54) is 0 Å². The Morgan fingerprint density at radius 2 is 2.27 bits per heavy atom. The highest BCUT2D eigenvalue weighted by Crippen LogP contribution is 2.22. The van der Waals surface area contributed by atoms with Crippen LogP contribution in [-0.4, -0.2) is 47.6 Å². The highest BCUT2D eigenvalue weighted by molar-refractivity contribution is 5.86. The van der Waals surface area contributed by atoms with Gasteiger partial charge < -0.3 is 15.3 Å². The molecule has 6 heteroatoms. The van der Waals surface area contributed by atoms with Gasteiger partial charge in [0.2, 0.25) is 5.91 Å². The number of hydrogen-bond donors (Lipinski definition) is 2. The van der Waals surface area contributed by atoms with Crippen molar-refractivity contribution in [1.29, 1.82) is 0 Å². The smallest absolute Gasteiger partial charge is 0.308 e. The lowest BCUT2D eigenvalue weighted by Crippen LogP contribution is -2.38. The fourth-order valence-electron chi connectivity index (χ4n) is 2.16. The Bertz CT molecular complexity index is 266. The average molecular weight is 235 g/mol. The third-order valence-corrected chi connectivity index (χ3v) is 2.98. The molecule has 2 atom stereocenters. The van der Waals surface area contributed by atoms with Gasteiger partial charge in [-0.25, -0.2) is 0 Å².